The molecule has 0 atom stereocenters. The molecular weight excluding hydrogens is 194 g/mol. The minimum Gasteiger partial charge on any atom is -0.496 e. The van der Waals surface area contributed by atoms with Crippen molar-refractivity contribution in [2.75, 3.05) is 14.2 Å². The quantitative estimate of drug-likeness (QED) is 0.746. The number of hydrogen-bond acceptors (Lipinski definition) is 4. The van der Waals surface area contributed by atoms with E-state index in [0.717, 1.165) is 28.2 Å². The predicted octanol–water partition coefficient (Wildman–Crippen LogP) is 1.80. The molecule has 4 heteroatoms. The van der Waals surface area contributed by atoms with Gasteiger partial charge in [-0.2, -0.15) is 0 Å². The normalized spacial score (nSPS) is 10.2. The van der Waals surface area contributed by atoms with E-state index in [4.69, 9.17) is 14.7 Å². The third-order valence-electron chi connectivity index (χ3n) is 2.49. The first-order valence-corrected chi connectivity index (χ1v) is 4.73. The van der Waals surface area contributed by atoms with Crippen molar-refractivity contribution in [3.63, 3.8) is 0 Å². The second kappa shape index (κ2) is 5.00. The smallest absolute Gasteiger partial charge is 0.130 e. The Balaban J connectivity index is 3.32. The summed E-state index contributed by atoms with van der Waals surface area (Å²) in [6.45, 7) is 4.25. The zero-order chi connectivity index (χ0) is 11.4. The fraction of sp³-hybridized carbons (Fsp3) is 0.455. The molecule has 0 aliphatic carbocycles. The molecule has 15 heavy (non-hydrogen) atoms. The molecule has 0 saturated heterocycles. The fourth-order valence-electron chi connectivity index (χ4n) is 1.70. The van der Waals surface area contributed by atoms with Crippen LogP contribution in [0.2, 0.25) is 0 Å². The number of aryl methyl sites for hydroxylation is 1. The van der Waals surface area contributed by atoms with Crippen LogP contribution >= 0.6 is 0 Å². The van der Waals surface area contributed by atoms with Crippen molar-refractivity contribution in [1.29, 1.82) is 0 Å². The lowest BCUT2D eigenvalue weighted by Gasteiger charge is -2.16. The molecular formula is C11H17NO3. The van der Waals surface area contributed by atoms with Gasteiger partial charge in [0.25, 0.3) is 0 Å². The number of benzene rings is 1. The van der Waals surface area contributed by atoms with Crippen LogP contribution in [0.25, 0.3) is 0 Å². The monoisotopic (exact) mass is 211 g/mol. The first-order valence-electron chi connectivity index (χ1n) is 4.73. The Hall–Kier alpha value is -1.26. The highest BCUT2D eigenvalue weighted by Gasteiger charge is 2.13. The van der Waals surface area contributed by atoms with Crippen LogP contribution in [0.5, 0.6) is 11.5 Å². The molecule has 0 amide bonds. The lowest BCUT2D eigenvalue weighted by Crippen LogP contribution is -2.10. The van der Waals surface area contributed by atoms with Gasteiger partial charge in [0.2, 0.25) is 0 Å². The summed E-state index contributed by atoms with van der Waals surface area (Å²) < 4.78 is 10.6. The summed E-state index contributed by atoms with van der Waals surface area (Å²) in [6.07, 6.45) is 0. The maximum absolute atomic E-state index is 8.74. The van der Waals surface area contributed by atoms with Gasteiger partial charge in [0.15, 0.2) is 0 Å². The second-order valence-corrected chi connectivity index (χ2v) is 3.37. The zero-order valence-corrected chi connectivity index (χ0v) is 9.55. The van der Waals surface area contributed by atoms with Crippen molar-refractivity contribution in [2.45, 2.75) is 20.4 Å². The van der Waals surface area contributed by atoms with Gasteiger partial charge >= 0.3 is 0 Å². The molecule has 0 spiro atoms. The molecule has 0 radical (unpaired) electrons. The van der Waals surface area contributed by atoms with E-state index in [1.807, 2.05) is 19.9 Å². The second-order valence-electron chi connectivity index (χ2n) is 3.37. The Morgan fingerprint density at radius 3 is 2.40 bits per heavy atom. The topological polar surface area (TPSA) is 50.7 Å². The third-order valence-corrected chi connectivity index (χ3v) is 2.49. The van der Waals surface area contributed by atoms with E-state index < -0.39 is 0 Å². The van der Waals surface area contributed by atoms with Crippen LogP contribution in [0.3, 0.4) is 0 Å². The largest absolute Gasteiger partial charge is 0.496 e. The van der Waals surface area contributed by atoms with Gasteiger partial charge in [-0.3, -0.25) is 0 Å². The number of hydroxylamine groups is 1. The first kappa shape index (κ1) is 11.8. The first-order chi connectivity index (χ1) is 7.15. The molecule has 2 N–H and O–H groups in total. The van der Waals surface area contributed by atoms with Crippen molar-refractivity contribution in [3.05, 3.63) is 22.8 Å². The van der Waals surface area contributed by atoms with E-state index in [9.17, 15) is 0 Å². The highest BCUT2D eigenvalue weighted by atomic mass is 16.5. The Kier molecular flexibility index (Phi) is 3.94. The van der Waals surface area contributed by atoms with Gasteiger partial charge in [-0.05, 0) is 25.5 Å². The Morgan fingerprint density at radius 2 is 1.93 bits per heavy atom. The van der Waals surface area contributed by atoms with Gasteiger partial charge in [-0.15, -0.1) is 0 Å². The number of nitrogens with one attached hydrogen (secondary N) is 1. The van der Waals surface area contributed by atoms with Crippen LogP contribution in [0.15, 0.2) is 6.07 Å². The Bertz CT molecular complexity index is 350. The fourth-order valence-corrected chi connectivity index (χ4v) is 1.70. The molecule has 1 aromatic rings. The molecule has 0 bridgehead atoms. The number of ether oxygens (including phenoxy) is 2. The third kappa shape index (κ3) is 2.22. The van der Waals surface area contributed by atoms with Crippen molar-refractivity contribution in [2.24, 2.45) is 0 Å². The molecule has 0 saturated carbocycles. The van der Waals surface area contributed by atoms with Crippen molar-refractivity contribution in [1.82, 2.24) is 5.48 Å². The number of rotatable bonds is 4. The average Bonchev–Trinajstić information content (AvgIpc) is 2.23. The minimum absolute atomic E-state index is 0.361. The molecule has 1 rings (SSSR count). The Labute approximate surface area is 89.8 Å². The van der Waals surface area contributed by atoms with E-state index >= 15 is 0 Å². The van der Waals surface area contributed by atoms with Gasteiger partial charge in [0.1, 0.15) is 11.5 Å². The van der Waals surface area contributed by atoms with Crippen LogP contribution in [-0.2, 0) is 6.54 Å². The molecule has 4 nitrogen and oxygen atoms in total. The van der Waals surface area contributed by atoms with E-state index in [2.05, 4.69) is 5.48 Å². The maximum Gasteiger partial charge on any atom is 0.130 e. The van der Waals surface area contributed by atoms with Crippen molar-refractivity contribution in [3.8, 4) is 11.5 Å². The summed E-state index contributed by atoms with van der Waals surface area (Å²) in [6, 6.07) is 1.94. The van der Waals surface area contributed by atoms with E-state index in [1.54, 1.807) is 14.2 Å². The van der Waals surface area contributed by atoms with Crippen LogP contribution in [-0.4, -0.2) is 19.4 Å². The van der Waals surface area contributed by atoms with E-state index in [0.29, 0.717) is 6.54 Å². The summed E-state index contributed by atoms with van der Waals surface area (Å²) in [7, 11) is 3.24. The van der Waals surface area contributed by atoms with Crippen molar-refractivity contribution < 1.29 is 14.7 Å². The van der Waals surface area contributed by atoms with Gasteiger partial charge in [0.05, 0.1) is 14.2 Å². The van der Waals surface area contributed by atoms with E-state index in [-0.39, 0.29) is 0 Å². The molecule has 0 aliphatic heterocycles. The van der Waals surface area contributed by atoms with Gasteiger partial charge in [-0.25, -0.2) is 5.48 Å². The highest BCUT2D eigenvalue weighted by Crippen LogP contribution is 2.33. The molecule has 0 fully saturated rings. The van der Waals surface area contributed by atoms with E-state index in [1.165, 1.54) is 0 Å². The predicted molar refractivity (Wildman–Crippen MR) is 57.6 cm³/mol. The zero-order valence-electron chi connectivity index (χ0n) is 9.55. The summed E-state index contributed by atoms with van der Waals surface area (Å²) in [4.78, 5) is 0. The number of methoxy groups -OCH3 is 2. The van der Waals surface area contributed by atoms with Crippen LogP contribution in [0.4, 0.5) is 0 Å². The average molecular weight is 211 g/mol. The number of hydrogen-bond donors (Lipinski definition) is 2. The van der Waals surface area contributed by atoms with Gasteiger partial charge < -0.3 is 14.7 Å². The lowest BCUT2D eigenvalue weighted by atomic mass is 10.0. The van der Waals surface area contributed by atoms with Gasteiger partial charge in [0, 0.05) is 17.7 Å². The molecule has 0 aliphatic rings. The molecule has 0 heterocycles. The van der Waals surface area contributed by atoms with Crippen molar-refractivity contribution >= 4 is 0 Å². The van der Waals surface area contributed by atoms with Crippen LogP contribution in [0.1, 0.15) is 16.7 Å². The molecule has 84 valence electrons. The summed E-state index contributed by atoms with van der Waals surface area (Å²) in [5.41, 5.74) is 5.05. The standard InChI is InChI=1S/C11H17NO3/c1-7-5-10(14-3)8(2)11(15-4)9(7)6-12-13/h5,12-13H,6H2,1-4H3. The lowest BCUT2D eigenvalue weighted by molar-refractivity contribution is 0.160. The van der Waals surface area contributed by atoms with Crippen LogP contribution < -0.4 is 15.0 Å². The SMILES string of the molecule is COc1cc(C)c(CNO)c(OC)c1C. The van der Waals surface area contributed by atoms with Crippen LogP contribution in [0, 0.1) is 13.8 Å². The molecule has 0 aromatic heterocycles. The van der Waals surface area contributed by atoms with Gasteiger partial charge in [-0.1, -0.05) is 0 Å². The minimum atomic E-state index is 0.361. The molecule has 0 unspecified atom stereocenters. The molecule has 1 aromatic carbocycles. The highest BCUT2D eigenvalue weighted by molar-refractivity contribution is 5.53. The summed E-state index contributed by atoms with van der Waals surface area (Å²) >= 11 is 0. The summed E-state index contributed by atoms with van der Waals surface area (Å²) in [5, 5.41) is 8.74. The Morgan fingerprint density at radius 1 is 1.27 bits per heavy atom. The summed E-state index contributed by atoms with van der Waals surface area (Å²) in [5.74, 6) is 1.56. The maximum atomic E-state index is 8.74.